The third-order valence-corrected chi connectivity index (χ3v) is 3.32. The summed E-state index contributed by atoms with van der Waals surface area (Å²) in [5.74, 6) is -0.189. The highest BCUT2D eigenvalue weighted by molar-refractivity contribution is 9.11. The van der Waals surface area contributed by atoms with E-state index in [4.69, 9.17) is 4.74 Å². The third kappa shape index (κ3) is 2.30. The maximum atomic E-state index is 11.3. The molecule has 0 aromatic heterocycles. The van der Waals surface area contributed by atoms with Gasteiger partial charge in [0.1, 0.15) is 5.75 Å². The van der Waals surface area contributed by atoms with E-state index in [0.717, 1.165) is 4.47 Å². The first-order valence-corrected chi connectivity index (χ1v) is 6.22. The van der Waals surface area contributed by atoms with Gasteiger partial charge in [-0.05, 0) is 34.1 Å². The zero-order chi connectivity index (χ0) is 11.7. The van der Waals surface area contributed by atoms with Crippen LogP contribution >= 0.6 is 31.9 Å². The van der Waals surface area contributed by atoms with Gasteiger partial charge in [0.15, 0.2) is 0 Å². The summed E-state index contributed by atoms with van der Waals surface area (Å²) < 4.78 is 6.24. The van der Waals surface area contributed by atoms with Gasteiger partial charge in [0.05, 0.1) is 11.1 Å². The molecule has 0 unspecified atom stereocenters. The highest BCUT2D eigenvalue weighted by Crippen LogP contribution is 2.33. The molecule has 1 heterocycles. The molecule has 1 N–H and O–H groups in total. The van der Waals surface area contributed by atoms with E-state index in [2.05, 4.69) is 31.9 Å². The van der Waals surface area contributed by atoms with E-state index in [1.54, 1.807) is 18.2 Å². The van der Waals surface area contributed by atoms with Gasteiger partial charge in [-0.2, -0.15) is 0 Å². The minimum atomic E-state index is -0.310. The molecule has 2 rings (SSSR count). The van der Waals surface area contributed by atoms with Crippen LogP contribution in [0.3, 0.4) is 0 Å². The van der Waals surface area contributed by atoms with E-state index in [1.807, 2.05) is 0 Å². The topological polar surface area (TPSA) is 46.5 Å². The number of phenols is 1. The molecule has 3 nitrogen and oxygen atoms in total. The van der Waals surface area contributed by atoms with Crippen molar-refractivity contribution in [3.05, 3.63) is 32.2 Å². The van der Waals surface area contributed by atoms with Crippen molar-refractivity contribution in [1.82, 2.24) is 0 Å². The molecule has 0 spiro atoms. The van der Waals surface area contributed by atoms with Crippen molar-refractivity contribution < 1.29 is 14.6 Å². The van der Waals surface area contributed by atoms with Crippen molar-refractivity contribution in [2.75, 3.05) is 6.61 Å². The third-order valence-electron chi connectivity index (χ3n) is 2.25. The fourth-order valence-electron chi connectivity index (χ4n) is 1.46. The minimum Gasteiger partial charge on any atom is -0.506 e. The van der Waals surface area contributed by atoms with E-state index >= 15 is 0 Å². The van der Waals surface area contributed by atoms with Crippen molar-refractivity contribution in [2.24, 2.45) is 0 Å². The van der Waals surface area contributed by atoms with E-state index in [1.165, 1.54) is 0 Å². The van der Waals surface area contributed by atoms with Gasteiger partial charge in [0.2, 0.25) is 0 Å². The molecular formula is C11H8Br2O3. The van der Waals surface area contributed by atoms with Crippen LogP contribution in [0.1, 0.15) is 12.0 Å². The van der Waals surface area contributed by atoms with Crippen molar-refractivity contribution in [1.29, 1.82) is 0 Å². The highest BCUT2D eigenvalue weighted by Gasteiger charge is 2.19. The number of rotatable bonds is 1. The van der Waals surface area contributed by atoms with E-state index in [0.29, 0.717) is 28.6 Å². The summed E-state index contributed by atoms with van der Waals surface area (Å²) in [6, 6.07) is 3.49. The SMILES string of the molecule is O=C1OCC/C1=C\c1cc(Br)cc(Br)c1O. The quantitative estimate of drug-likeness (QED) is 0.626. The van der Waals surface area contributed by atoms with Gasteiger partial charge in [-0.25, -0.2) is 4.79 Å². The van der Waals surface area contributed by atoms with Gasteiger partial charge in [0, 0.05) is 22.0 Å². The van der Waals surface area contributed by atoms with Crippen LogP contribution in [-0.2, 0) is 9.53 Å². The largest absolute Gasteiger partial charge is 0.506 e. The maximum Gasteiger partial charge on any atom is 0.334 e. The molecule has 1 fully saturated rings. The van der Waals surface area contributed by atoms with Crippen LogP contribution in [0.2, 0.25) is 0 Å². The van der Waals surface area contributed by atoms with Crippen molar-refractivity contribution in [3.8, 4) is 5.75 Å². The average molecular weight is 348 g/mol. The van der Waals surface area contributed by atoms with Crippen LogP contribution < -0.4 is 0 Å². The zero-order valence-corrected chi connectivity index (χ0v) is 11.3. The first-order valence-electron chi connectivity index (χ1n) is 4.63. The summed E-state index contributed by atoms with van der Waals surface area (Å²) in [6.45, 7) is 0.417. The van der Waals surface area contributed by atoms with Gasteiger partial charge < -0.3 is 9.84 Å². The van der Waals surface area contributed by atoms with Gasteiger partial charge in [-0.15, -0.1) is 0 Å². The Kier molecular flexibility index (Phi) is 3.35. The molecule has 16 heavy (non-hydrogen) atoms. The summed E-state index contributed by atoms with van der Waals surface area (Å²) in [7, 11) is 0. The Bertz CT molecular complexity index is 480. The predicted octanol–water partition coefficient (Wildman–Crippen LogP) is 3.25. The molecule has 1 aromatic rings. The van der Waals surface area contributed by atoms with Gasteiger partial charge in [0.25, 0.3) is 0 Å². The van der Waals surface area contributed by atoms with E-state index in [9.17, 15) is 9.90 Å². The monoisotopic (exact) mass is 346 g/mol. The molecule has 0 atom stereocenters. The number of esters is 1. The van der Waals surface area contributed by atoms with Crippen LogP contribution in [0.25, 0.3) is 6.08 Å². The smallest absolute Gasteiger partial charge is 0.334 e. The fraction of sp³-hybridized carbons (Fsp3) is 0.182. The molecule has 1 saturated heterocycles. The normalized spacial score (nSPS) is 17.9. The van der Waals surface area contributed by atoms with E-state index < -0.39 is 0 Å². The number of aromatic hydroxyl groups is 1. The lowest BCUT2D eigenvalue weighted by Crippen LogP contribution is -1.94. The minimum absolute atomic E-state index is 0.121. The molecule has 1 aromatic carbocycles. The van der Waals surface area contributed by atoms with Crippen LogP contribution in [0.4, 0.5) is 0 Å². The summed E-state index contributed by atoms with van der Waals surface area (Å²) in [5.41, 5.74) is 1.18. The second-order valence-electron chi connectivity index (χ2n) is 3.38. The number of halogens is 2. The Balaban J connectivity index is 2.45. The van der Waals surface area contributed by atoms with E-state index in [-0.39, 0.29) is 11.7 Å². The van der Waals surface area contributed by atoms with Crippen LogP contribution in [0, 0.1) is 0 Å². The Labute approximate surface area is 109 Å². The lowest BCUT2D eigenvalue weighted by atomic mass is 10.1. The van der Waals surface area contributed by atoms with Crippen molar-refractivity contribution in [2.45, 2.75) is 6.42 Å². The van der Waals surface area contributed by atoms with Crippen LogP contribution in [0.15, 0.2) is 26.7 Å². The zero-order valence-electron chi connectivity index (χ0n) is 8.17. The second-order valence-corrected chi connectivity index (χ2v) is 5.15. The number of hydrogen-bond donors (Lipinski definition) is 1. The standard InChI is InChI=1S/C11H8Br2O3/c12-8-4-7(10(14)9(13)5-8)3-6-1-2-16-11(6)15/h3-5,14H,1-2H2/b6-3+. The average Bonchev–Trinajstić information content (AvgIpc) is 2.60. The maximum absolute atomic E-state index is 11.3. The first kappa shape index (κ1) is 11.7. The summed E-state index contributed by atoms with van der Waals surface area (Å²) >= 11 is 6.56. The molecule has 1 aliphatic rings. The lowest BCUT2D eigenvalue weighted by molar-refractivity contribution is -0.134. The van der Waals surface area contributed by atoms with Crippen LogP contribution in [0.5, 0.6) is 5.75 Å². The molecular weight excluding hydrogens is 340 g/mol. The van der Waals surface area contributed by atoms with Crippen molar-refractivity contribution in [3.63, 3.8) is 0 Å². The van der Waals surface area contributed by atoms with Crippen molar-refractivity contribution >= 4 is 43.9 Å². The Morgan fingerprint density at radius 1 is 1.38 bits per heavy atom. The number of ether oxygens (including phenoxy) is 1. The molecule has 0 aliphatic carbocycles. The number of cyclic esters (lactones) is 1. The van der Waals surface area contributed by atoms with Gasteiger partial charge >= 0.3 is 5.97 Å². The lowest BCUT2D eigenvalue weighted by Gasteiger charge is -2.03. The molecule has 0 radical (unpaired) electrons. The molecule has 0 bridgehead atoms. The van der Waals surface area contributed by atoms with Crippen LogP contribution in [-0.4, -0.2) is 17.7 Å². The van der Waals surface area contributed by atoms with Gasteiger partial charge in [-0.3, -0.25) is 0 Å². The molecule has 0 saturated carbocycles. The first-order chi connectivity index (χ1) is 7.58. The predicted molar refractivity (Wildman–Crippen MR) is 67.1 cm³/mol. The second kappa shape index (κ2) is 4.59. The summed E-state index contributed by atoms with van der Waals surface area (Å²) in [5, 5.41) is 9.80. The number of carbonyl (C=O) groups is 1. The number of carbonyl (C=O) groups excluding carboxylic acids is 1. The molecule has 5 heteroatoms. The number of hydrogen-bond acceptors (Lipinski definition) is 3. The molecule has 84 valence electrons. The fourth-order valence-corrected chi connectivity index (χ4v) is 2.72. The Morgan fingerprint density at radius 3 is 2.75 bits per heavy atom. The van der Waals surface area contributed by atoms with Gasteiger partial charge in [-0.1, -0.05) is 15.9 Å². The Morgan fingerprint density at radius 2 is 2.12 bits per heavy atom. The summed E-state index contributed by atoms with van der Waals surface area (Å²) in [6.07, 6.45) is 2.24. The molecule has 1 aliphatic heterocycles. The highest BCUT2D eigenvalue weighted by atomic mass is 79.9. The number of phenolic OH excluding ortho intramolecular Hbond substituents is 1. The number of benzene rings is 1. The molecule has 0 amide bonds. The Hall–Kier alpha value is -0.810. The summed E-state index contributed by atoms with van der Waals surface area (Å²) in [4.78, 5) is 11.3.